The van der Waals surface area contributed by atoms with Crippen molar-refractivity contribution in [3.05, 3.63) is 72.1 Å². The average molecular weight is 420 g/mol. The first kappa shape index (κ1) is 22.5. The van der Waals surface area contributed by atoms with Crippen molar-refractivity contribution in [1.82, 2.24) is 15.0 Å². The third-order valence-electron chi connectivity index (χ3n) is 5.46. The first-order chi connectivity index (χ1) is 14.8. The maximum atomic E-state index is 6.84. The maximum absolute atomic E-state index is 6.84. The first-order valence-electron chi connectivity index (χ1n) is 10.4. The van der Waals surface area contributed by atoms with Gasteiger partial charge in [0.15, 0.2) is 0 Å². The highest BCUT2D eigenvalue weighted by molar-refractivity contribution is 5.49. The summed E-state index contributed by atoms with van der Waals surface area (Å²) in [4.78, 5) is 20.1. The molecule has 2 N–H and O–H groups in total. The molecule has 0 bridgehead atoms. The molecule has 3 rings (SSSR count). The van der Waals surface area contributed by atoms with E-state index in [-0.39, 0.29) is 12.0 Å². The minimum Gasteiger partial charge on any atom is -0.378 e. The number of rotatable bonds is 8. The van der Waals surface area contributed by atoms with Crippen LogP contribution in [0.25, 0.3) is 0 Å². The van der Waals surface area contributed by atoms with Gasteiger partial charge in [-0.15, -0.1) is 0 Å². The zero-order valence-corrected chi connectivity index (χ0v) is 19.3. The summed E-state index contributed by atoms with van der Waals surface area (Å²) in [6, 6.07) is 11.9. The predicted octanol–water partition coefficient (Wildman–Crippen LogP) is 3.10. The molecular weight excluding hydrogens is 386 g/mol. The molecule has 31 heavy (non-hydrogen) atoms. The van der Waals surface area contributed by atoms with Gasteiger partial charge in [-0.05, 0) is 42.8 Å². The van der Waals surface area contributed by atoms with Gasteiger partial charge in [0.05, 0.1) is 11.7 Å². The number of nitrogens with zero attached hydrogens (tertiary/aromatic N) is 6. The second-order valence-electron chi connectivity index (χ2n) is 8.40. The van der Waals surface area contributed by atoms with Crippen LogP contribution >= 0.6 is 0 Å². The Bertz CT molecular complexity index is 1000. The van der Waals surface area contributed by atoms with Gasteiger partial charge in [-0.3, -0.25) is 15.0 Å². The van der Waals surface area contributed by atoms with Gasteiger partial charge in [-0.25, -0.2) is 0 Å². The lowest BCUT2D eigenvalue weighted by molar-refractivity contribution is 0.522. The lowest BCUT2D eigenvalue weighted by Crippen LogP contribution is -2.25. The van der Waals surface area contributed by atoms with Crippen LogP contribution in [0.4, 0.5) is 17.1 Å². The van der Waals surface area contributed by atoms with Crippen molar-refractivity contribution in [3.8, 4) is 0 Å². The summed E-state index contributed by atoms with van der Waals surface area (Å²) in [6.07, 6.45) is 6.18. The number of anilines is 3. The van der Waals surface area contributed by atoms with E-state index in [0.29, 0.717) is 6.42 Å². The summed E-state index contributed by atoms with van der Waals surface area (Å²) < 4.78 is 0. The Morgan fingerprint density at radius 1 is 0.677 bits per heavy atom. The minimum atomic E-state index is -0.324. The van der Waals surface area contributed by atoms with Gasteiger partial charge in [0.2, 0.25) is 0 Å². The van der Waals surface area contributed by atoms with Gasteiger partial charge in [-0.2, -0.15) is 0 Å². The lowest BCUT2D eigenvalue weighted by Gasteiger charge is -2.25. The highest BCUT2D eigenvalue weighted by Gasteiger charge is 2.26. The van der Waals surface area contributed by atoms with E-state index in [4.69, 9.17) is 10.7 Å². The molecule has 2 unspecified atom stereocenters. The van der Waals surface area contributed by atoms with Gasteiger partial charge >= 0.3 is 0 Å². The molecule has 164 valence electrons. The van der Waals surface area contributed by atoms with E-state index in [0.717, 1.165) is 34.1 Å². The van der Waals surface area contributed by atoms with Crippen LogP contribution < -0.4 is 20.4 Å². The van der Waals surface area contributed by atoms with Crippen molar-refractivity contribution >= 4 is 17.1 Å². The van der Waals surface area contributed by atoms with Crippen LogP contribution in [-0.4, -0.2) is 57.2 Å². The predicted molar refractivity (Wildman–Crippen MR) is 129 cm³/mol. The number of aromatic nitrogens is 3. The number of nitrogens with two attached hydrogens (primary N) is 1. The zero-order valence-electron chi connectivity index (χ0n) is 19.3. The van der Waals surface area contributed by atoms with Crippen LogP contribution in [0.15, 0.2) is 55.0 Å². The Hall–Kier alpha value is -3.19. The van der Waals surface area contributed by atoms with E-state index in [1.54, 1.807) is 0 Å². The van der Waals surface area contributed by atoms with Crippen LogP contribution in [0.1, 0.15) is 29.0 Å². The summed E-state index contributed by atoms with van der Waals surface area (Å²) in [5.41, 5.74) is 12.9. The SMILES string of the molecule is CN(C)c1ccnc(CC(c2cc(N(C)C)ccn2)C(N)c2cc(N(C)C)ccn2)c1. The lowest BCUT2D eigenvalue weighted by atomic mass is 9.88. The summed E-state index contributed by atoms with van der Waals surface area (Å²) in [5.74, 6) is -0.0743. The molecule has 3 aromatic heterocycles. The fraction of sp³-hybridized carbons (Fsp3) is 0.375. The van der Waals surface area contributed by atoms with Crippen molar-refractivity contribution < 1.29 is 0 Å². The molecule has 0 aliphatic carbocycles. The first-order valence-corrected chi connectivity index (χ1v) is 10.4. The molecule has 3 aromatic rings. The minimum absolute atomic E-state index is 0.0743. The fourth-order valence-electron chi connectivity index (χ4n) is 3.52. The highest BCUT2D eigenvalue weighted by atomic mass is 15.1. The molecule has 3 heterocycles. The van der Waals surface area contributed by atoms with Crippen molar-refractivity contribution in [2.45, 2.75) is 18.4 Å². The Morgan fingerprint density at radius 2 is 1.13 bits per heavy atom. The Kier molecular flexibility index (Phi) is 7.07. The number of hydrogen-bond donors (Lipinski definition) is 1. The Morgan fingerprint density at radius 3 is 1.68 bits per heavy atom. The van der Waals surface area contributed by atoms with Gasteiger partial charge in [0.25, 0.3) is 0 Å². The van der Waals surface area contributed by atoms with Crippen molar-refractivity contribution in [2.75, 3.05) is 57.0 Å². The van der Waals surface area contributed by atoms with Crippen LogP contribution in [0, 0.1) is 0 Å². The molecule has 7 nitrogen and oxygen atoms in total. The topological polar surface area (TPSA) is 74.4 Å². The molecule has 0 amide bonds. The molecule has 0 saturated heterocycles. The van der Waals surface area contributed by atoms with E-state index in [1.807, 2.05) is 79.1 Å². The van der Waals surface area contributed by atoms with Crippen LogP contribution in [0.5, 0.6) is 0 Å². The van der Waals surface area contributed by atoms with E-state index in [9.17, 15) is 0 Å². The normalized spacial score (nSPS) is 12.9. The van der Waals surface area contributed by atoms with Crippen molar-refractivity contribution in [3.63, 3.8) is 0 Å². The molecule has 0 saturated carbocycles. The van der Waals surface area contributed by atoms with E-state index in [1.165, 1.54) is 0 Å². The van der Waals surface area contributed by atoms with Gasteiger partial charge in [0, 0.05) is 95.2 Å². The summed E-state index contributed by atoms with van der Waals surface area (Å²) in [6.45, 7) is 0. The summed E-state index contributed by atoms with van der Waals surface area (Å²) in [5, 5.41) is 0. The maximum Gasteiger partial charge on any atom is 0.0598 e. The average Bonchev–Trinajstić information content (AvgIpc) is 2.77. The highest BCUT2D eigenvalue weighted by Crippen LogP contribution is 2.33. The fourth-order valence-corrected chi connectivity index (χ4v) is 3.52. The Labute approximate surface area is 185 Å². The van der Waals surface area contributed by atoms with Gasteiger partial charge in [0.1, 0.15) is 0 Å². The Balaban J connectivity index is 2.03. The molecule has 0 fully saturated rings. The monoisotopic (exact) mass is 419 g/mol. The van der Waals surface area contributed by atoms with Gasteiger partial charge in [-0.1, -0.05) is 0 Å². The molecular formula is C24H33N7. The standard InChI is InChI=1S/C24H33N7/c1-29(2)18-7-10-26-17(13-18)14-21(22-15-19(30(3)4)8-11-27-22)24(25)23-16-20(31(5)6)9-12-28-23/h7-13,15-16,21,24H,14,25H2,1-6H3. The quantitative estimate of drug-likeness (QED) is 0.601. The molecule has 2 atom stereocenters. The number of hydrogen-bond acceptors (Lipinski definition) is 7. The van der Waals surface area contributed by atoms with E-state index in [2.05, 4.69) is 42.9 Å². The third kappa shape index (κ3) is 5.49. The van der Waals surface area contributed by atoms with Crippen molar-refractivity contribution in [2.24, 2.45) is 5.73 Å². The molecule has 0 spiro atoms. The summed E-state index contributed by atoms with van der Waals surface area (Å²) >= 11 is 0. The smallest absolute Gasteiger partial charge is 0.0598 e. The molecule has 0 radical (unpaired) electrons. The zero-order chi connectivity index (χ0) is 22.5. The van der Waals surface area contributed by atoms with E-state index < -0.39 is 0 Å². The second kappa shape index (κ2) is 9.75. The molecule has 0 aromatic carbocycles. The van der Waals surface area contributed by atoms with Crippen LogP contribution in [0.3, 0.4) is 0 Å². The molecule has 0 aliphatic rings. The second-order valence-corrected chi connectivity index (χ2v) is 8.40. The van der Waals surface area contributed by atoms with Crippen LogP contribution in [-0.2, 0) is 6.42 Å². The van der Waals surface area contributed by atoms with E-state index >= 15 is 0 Å². The summed E-state index contributed by atoms with van der Waals surface area (Å²) in [7, 11) is 12.1. The van der Waals surface area contributed by atoms with Crippen LogP contribution in [0.2, 0.25) is 0 Å². The number of pyridine rings is 3. The molecule has 0 aliphatic heterocycles. The largest absolute Gasteiger partial charge is 0.378 e. The third-order valence-corrected chi connectivity index (χ3v) is 5.46. The molecule has 7 heteroatoms. The van der Waals surface area contributed by atoms with Gasteiger partial charge < -0.3 is 20.4 Å². The van der Waals surface area contributed by atoms with Crippen molar-refractivity contribution in [1.29, 1.82) is 0 Å².